The first kappa shape index (κ1) is 11.9. The van der Waals surface area contributed by atoms with Crippen LogP contribution in [-0.2, 0) is 10.2 Å². The molecule has 84 valence electrons. The molecule has 3 N–H and O–H groups in total. The van der Waals surface area contributed by atoms with Gasteiger partial charge in [0.15, 0.2) is 0 Å². The Kier molecular flexibility index (Phi) is 4.31. The van der Waals surface area contributed by atoms with Crippen molar-refractivity contribution in [2.45, 2.75) is 19.8 Å². The first-order valence-corrected chi connectivity index (χ1v) is 6.45. The highest BCUT2D eigenvalue weighted by atomic mass is 32.2. The maximum atomic E-state index is 11.6. The van der Waals surface area contributed by atoms with Crippen LogP contribution in [0.3, 0.4) is 0 Å². The minimum absolute atomic E-state index is 0.313. The van der Waals surface area contributed by atoms with E-state index in [0.717, 1.165) is 12.8 Å². The minimum Gasteiger partial charge on any atom is -0.329 e. The molecule has 0 aromatic carbocycles. The Bertz CT molecular complexity index is 266. The number of rotatable bonds is 4. The smallest absolute Gasteiger partial charge is 0.279 e. The van der Waals surface area contributed by atoms with Crippen molar-refractivity contribution >= 4 is 10.2 Å². The van der Waals surface area contributed by atoms with Gasteiger partial charge in [-0.25, -0.2) is 4.72 Å². The number of hydrogen-bond donors (Lipinski definition) is 2. The lowest BCUT2D eigenvalue weighted by molar-refractivity contribution is 0.278. The van der Waals surface area contributed by atoms with Crippen molar-refractivity contribution in [3.8, 4) is 0 Å². The number of nitrogens with zero attached hydrogens (tertiary/aromatic N) is 1. The van der Waals surface area contributed by atoms with E-state index in [4.69, 9.17) is 5.73 Å². The van der Waals surface area contributed by atoms with Crippen LogP contribution < -0.4 is 10.5 Å². The van der Waals surface area contributed by atoms with Crippen LogP contribution in [-0.4, -0.2) is 38.9 Å². The van der Waals surface area contributed by atoms with Gasteiger partial charge in [0, 0.05) is 26.2 Å². The average molecular weight is 221 g/mol. The molecule has 1 aliphatic rings. The lowest BCUT2D eigenvalue weighted by Crippen LogP contribution is -2.46. The number of nitrogens with two attached hydrogens (primary N) is 1. The van der Waals surface area contributed by atoms with Crippen LogP contribution in [0.5, 0.6) is 0 Å². The van der Waals surface area contributed by atoms with Gasteiger partial charge in [-0.15, -0.1) is 0 Å². The zero-order chi connectivity index (χ0) is 10.6. The number of nitrogens with one attached hydrogen (secondary N) is 1. The van der Waals surface area contributed by atoms with Gasteiger partial charge >= 0.3 is 0 Å². The van der Waals surface area contributed by atoms with Crippen molar-refractivity contribution in [3.63, 3.8) is 0 Å². The highest BCUT2D eigenvalue weighted by Gasteiger charge is 2.26. The standard InChI is InChI=1S/C8H19N3O2S/c1-8-3-2-6-11(7-8)14(12,13)10-5-4-9/h8,10H,2-7,9H2,1H3. The summed E-state index contributed by atoms with van der Waals surface area (Å²) in [5, 5.41) is 0. The van der Waals surface area contributed by atoms with Gasteiger partial charge in [-0.05, 0) is 18.8 Å². The molecular formula is C8H19N3O2S. The van der Waals surface area contributed by atoms with E-state index in [1.54, 1.807) is 0 Å². The van der Waals surface area contributed by atoms with Crippen molar-refractivity contribution in [1.82, 2.24) is 9.03 Å². The molecule has 1 saturated heterocycles. The summed E-state index contributed by atoms with van der Waals surface area (Å²) < 4.78 is 27.3. The molecule has 6 heteroatoms. The molecule has 1 rings (SSSR count). The molecule has 0 spiro atoms. The van der Waals surface area contributed by atoms with Crippen molar-refractivity contribution in [1.29, 1.82) is 0 Å². The van der Waals surface area contributed by atoms with Crippen molar-refractivity contribution in [2.24, 2.45) is 11.7 Å². The van der Waals surface area contributed by atoms with Gasteiger partial charge in [-0.2, -0.15) is 12.7 Å². The van der Waals surface area contributed by atoms with E-state index >= 15 is 0 Å². The van der Waals surface area contributed by atoms with Crippen LogP contribution in [0.4, 0.5) is 0 Å². The Balaban J connectivity index is 2.53. The molecule has 1 unspecified atom stereocenters. The third-order valence-electron chi connectivity index (χ3n) is 2.39. The van der Waals surface area contributed by atoms with Crippen LogP contribution in [0, 0.1) is 5.92 Å². The molecule has 0 radical (unpaired) electrons. The van der Waals surface area contributed by atoms with E-state index < -0.39 is 10.2 Å². The monoisotopic (exact) mass is 221 g/mol. The summed E-state index contributed by atoms with van der Waals surface area (Å²) in [5.74, 6) is 0.457. The molecule has 1 fully saturated rings. The van der Waals surface area contributed by atoms with Crippen LogP contribution in [0.1, 0.15) is 19.8 Å². The second-order valence-corrected chi connectivity index (χ2v) is 5.55. The Morgan fingerprint density at radius 3 is 2.86 bits per heavy atom. The maximum Gasteiger partial charge on any atom is 0.279 e. The van der Waals surface area contributed by atoms with Gasteiger partial charge < -0.3 is 5.73 Å². The molecule has 0 aliphatic carbocycles. The third-order valence-corrected chi connectivity index (χ3v) is 3.97. The Morgan fingerprint density at radius 1 is 1.57 bits per heavy atom. The SMILES string of the molecule is CC1CCCN(S(=O)(=O)NCCN)C1. The van der Waals surface area contributed by atoms with E-state index in [2.05, 4.69) is 11.6 Å². The molecule has 1 heterocycles. The Morgan fingerprint density at radius 2 is 2.29 bits per heavy atom. The summed E-state index contributed by atoms with van der Waals surface area (Å²) in [6.07, 6.45) is 2.06. The number of piperidine rings is 1. The molecule has 0 aromatic rings. The molecule has 1 atom stereocenters. The molecule has 0 amide bonds. The van der Waals surface area contributed by atoms with Gasteiger partial charge in [0.05, 0.1) is 0 Å². The fourth-order valence-electron chi connectivity index (χ4n) is 1.64. The van der Waals surface area contributed by atoms with Gasteiger partial charge in [0.2, 0.25) is 0 Å². The quantitative estimate of drug-likeness (QED) is 0.673. The maximum absolute atomic E-state index is 11.6. The van der Waals surface area contributed by atoms with Crippen molar-refractivity contribution in [2.75, 3.05) is 26.2 Å². The largest absolute Gasteiger partial charge is 0.329 e. The zero-order valence-electron chi connectivity index (χ0n) is 8.57. The predicted octanol–water partition coefficient (Wildman–Crippen LogP) is -0.489. The first-order valence-electron chi connectivity index (χ1n) is 5.01. The van der Waals surface area contributed by atoms with Gasteiger partial charge in [0.25, 0.3) is 10.2 Å². The molecule has 0 aromatic heterocycles. The topological polar surface area (TPSA) is 75.4 Å². The highest BCUT2D eigenvalue weighted by molar-refractivity contribution is 7.87. The first-order chi connectivity index (χ1) is 6.56. The summed E-state index contributed by atoms with van der Waals surface area (Å²) in [6, 6.07) is 0. The minimum atomic E-state index is -3.28. The Labute approximate surface area is 85.8 Å². The normalized spacial score (nSPS) is 25.1. The lowest BCUT2D eigenvalue weighted by atomic mass is 10.0. The molecule has 14 heavy (non-hydrogen) atoms. The average Bonchev–Trinajstić information content (AvgIpc) is 2.15. The highest BCUT2D eigenvalue weighted by Crippen LogP contribution is 2.17. The van der Waals surface area contributed by atoms with E-state index in [0.29, 0.717) is 32.1 Å². The van der Waals surface area contributed by atoms with E-state index in [-0.39, 0.29) is 0 Å². The van der Waals surface area contributed by atoms with Crippen LogP contribution in [0.2, 0.25) is 0 Å². The van der Waals surface area contributed by atoms with Crippen molar-refractivity contribution in [3.05, 3.63) is 0 Å². The molecule has 0 saturated carbocycles. The summed E-state index contributed by atoms with van der Waals surface area (Å²) in [5.41, 5.74) is 5.25. The van der Waals surface area contributed by atoms with Crippen molar-refractivity contribution < 1.29 is 8.42 Å². The third kappa shape index (κ3) is 3.20. The van der Waals surface area contributed by atoms with Crippen LogP contribution in [0.15, 0.2) is 0 Å². The van der Waals surface area contributed by atoms with Crippen LogP contribution >= 0.6 is 0 Å². The lowest BCUT2D eigenvalue weighted by Gasteiger charge is -2.29. The van der Waals surface area contributed by atoms with E-state index in [9.17, 15) is 8.42 Å². The molecule has 1 aliphatic heterocycles. The fraction of sp³-hybridized carbons (Fsp3) is 1.00. The van der Waals surface area contributed by atoms with E-state index in [1.807, 2.05) is 0 Å². The summed E-state index contributed by atoms with van der Waals surface area (Å²) in [6.45, 7) is 3.98. The second kappa shape index (κ2) is 5.06. The second-order valence-electron chi connectivity index (χ2n) is 3.79. The van der Waals surface area contributed by atoms with Gasteiger partial charge in [0.1, 0.15) is 0 Å². The summed E-state index contributed by atoms with van der Waals surface area (Å²) in [4.78, 5) is 0. The molecular weight excluding hydrogens is 202 g/mol. The number of hydrogen-bond acceptors (Lipinski definition) is 3. The molecule has 0 bridgehead atoms. The summed E-state index contributed by atoms with van der Waals surface area (Å²) >= 11 is 0. The van der Waals surface area contributed by atoms with Gasteiger partial charge in [-0.3, -0.25) is 0 Å². The summed E-state index contributed by atoms with van der Waals surface area (Å²) in [7, 11) is -3.28. The van der Waals surface area contributed by atoms with E-state index in [1.165, 1.54) is 4.31 Å². The zero-order valence-corrected chi connectivity index (χ0v) is 9.39. The Hall–Kier alpha value is -0.170. The van der Waals surface area contributed by atoms with Crippen LogP contribution in [0.25, 0.3) is 0 Å². The fourth-order valence-corrected chi connectivity index (χ4v) is 3.02. The predicted molar refractivity (Wildman–Crippen MR) is 55.9 cm³/mol. The van der Waals surface area contributed by atoms with Gasteiger partial charge in [-0.1, -0.05) is 6.92 Å². The molecule has 5 nitrogen and oxygen atoms in total.